The van der Waals surface area contributed by atoms with Crippen LogP contribution in [0.3, 0.4) is 0 Å². The molecule has 0 spiro atoms. The Labute approximate surface area is 188 Å². The molecule has 1 N–H and O–H groups in total. The minimum absolute atomic E-state index is 0.0558. The summed E-state index contributed by atoms with van der Waals surface area (Å²) in [5.74, 6) is 0.857. The molecule has 2 heterocycles. The Morgan fingerprint density at radius 2 is 1.73 bits per heavy atom. The maximum absolute atomic E-state index is 13.0. The number of sulfonamides is 1. The summed E-state index contributed by atoms with van der Waals surface area (Å²) in [5.41, 5.74) is -0.474. The number of halogens is 3. The predicted molar refractivity (Wildman–Crippen MR) is 112 cm³/mol. The highest BCUT2D eigenvalue weighted by molar-refractivity contribution is 7.89. The van der Waals surface area contributed by atoms with Gasteiger partial charge in [-0.05, 0) is 37.3 Å². The Bertz CT molecular complexity index is 1150. The first-order valence-corrected chi connectivity index (χ1v) is 11.6. The summed E-state index contributed by atoms with van der Waals surface area (Å²) < 4.78 is 76.3. The number of carbonyl (C=O) groups is 1. The molecule has 2 aliphatic rings. The second kappa shape index (κ2) is 8.84. The summed E-state index contributed by atoms with van der Waals surface area (Å²) in [6, 6.07) is 8.20. The average molecular weight is 485 g/mol. The fraction of sp³-hybridized carbons (Fsp3) is 0.381. The van der Waals surface area contributed by atoms with Gasteiger partial charge >= 0.3 is 6.18 Å². The lowest BCUT2D eigenvalue weighted by molar-refractivity contribution is -0.137. The zero-order chi connectivity index (χ0) is 23.8. The maximum atomic E-state index is 13.0. The van der Waals surface area contributed by atoms with Crippen molar-refractivity contribution in [3.63, 3.8) is 0 Å². The van der Waals surface area contributed by atoms with Crippen LogP contribution in [0.25, 0.3) is 0 Å². The van der Waals surface area contributed by atoms with Gasteiger partial charge in [0.25, 0.3) is 0 Å². The van der Waals surface area contributed by atoms with Crippen molar-refractivity contribution >= 4 is 21.6 Å². The number of rotatable bonds is 5. The van der Waals surface area contributed by atoms with E-state index in [1.807, 2.05) is 4.90 Å². The summed E-state index contributed by atoms with van der Waals surface area (Å²) >= 11 is 0. The average Bonchev–Trinajstić information content (AvgIpc) is 3.26. The van der Waals surface area contributed by atoms with Crippen molar-refractivity contribution in [2.45, 2.75) is 24.0 Å². The Morgan fingerprint density at radius 1 is 1.03 bits per heavy atom. The van der Waals surface area contributed by atoms with E-state index >= 15 is 0 Å². The number of piperazine rings is 1. The number of carbonyl (C=O) groups excluding carboxylic acids is 1. The zero-order valence-corrected chi connectivity index (χ0v) is 18.4. The molecule has 178 valence electrons. The third-order valence-corrected chi connectivity index (χ3v) is 7.53. The molecule has 2 aromatic carbocycles. The molecule has 0 radical (unpaired) electrons. The monoisotopic (exact) mass is 485 g/mol. The van der Waals surface area contributed by atoms with E-state index in [1.54, 1.807) is 25.1 Å². The zero-order valence-electron chi connectivity index (χ0n) is 17.6. The van der Waals surface area contributed by atoms with Gasteiger partial charge in [0.2, 0.25) is 22.7 Å². The van der Waals surface area contributed by atoms with Crippen LogP contribution in [0.1, 0.15) is 12.5 Å². The summed E-state index contributed by atoms with van der Waals surface area (Å²) in [5, 5.41) is 2.80. The van der Waals surface area contributed by atoms with Gasteiger partial charge in [-0.2, -0.15) is 17.5 Å². The third-order valence-electron chi connectivity index (χ3n) is 5.64. The Balaban J connectivity index is 1.37. The molecule has 0 saturated carbocycles. The van der Waals surface area contributed by atoms with Gasteiger partial charge in [-0.1, -0.05) is 6.07 Å². The number of hydrogen-bond acceptors (Lipinski definition) is 6. The lowest BCUT2D eigenvalue weighted by atomic mass is 10.2. The molecule has 1 atom stereocenters. The first-order valence-electron chi connectivity index (χ1n) is 10.2. The highest BCUT2D eigenvalue weighted by atomic mass is 32.2. The molecule has 0 aliphatic carbocycles. The van der Waals surface area contributed by atoms with Crippen molar-refractivity contribution in [2.24, 2.45) is 0 Å². The molecule has 8 nitrogen and oxygen atoms in total. The van der Waals surface area contributed by atoms with E-state index in [9.17, 15) is 26.4 Å². The fourth-order valence-corrected chi connectivity index (χ4v) is 5.17. The van der Waals surface area contributed by atoms with Gasteiger partial charge in [-0.3, -0.25) is 9.69 Å². The van der Waals surface area contributed by atoms with E-state index in [2.05, 4.69) is 5.32 Å². The van der Waals surface area contributed by atoms with E-state index in [0.717, 1.165) is 22.5 Å². The first kappa shape index (κ1) is 23.3. The van der Waals surface area contributed by atoms with Crippen LogP contribution in [0, 0.1) is 0 Å². The molecule has 4 rings (SSSR count). The Hall–Kier alpha value is -2.83. The summed E-state index contributed by atoms with van der Waals surface area (Å²) in [6.07, 6.45) is -4.63. The van der Waals surface area contributed by atoms with Gasteiger partial charge in [-0.15, -0.1) is 0 Å². The van der Waals surface area contributed by atoms with E-state index < -0.39 is 32.7 Å². The van der Waals surface area contributed by atoms with Crippen LogP contribution < -0.4 is 14.8 Å². The van der Waals surface area contributed by atoms with E-state index in [-0.39, 0.29) is 38.9 Å². The SMILES string of the molecule is C[C@H](C(=O)Nc1ccc2c(c1)OCO2)N1CCN(S(=O)(=O)c2cccc(C(F)(F)F)c2)CC1. The number of hydrogen-bond donors (Lipinski definition) is 1. The van der Waals surface area contributed by atoms with E-state index in [0.29, 0.717) is 23.3 Å². The van der Waals surface area contributed by atoms with Gasteiger partial charge in [0, 0.05) is 37.9 Å². The molecule has 0 aromatic heterocycles. The van der Waals surface area contributed by atoms with Crippen molar-refractivity contribution in [3.8, 4) is 11.5 Å². The molecule has 0 bridgehead atoms. The number of ether oxygens (including phenoxy) is 2. The first-order chi connectivity index (χ1) is 15.6. The highest BCUT2D eigenvalue weighted by Crippen LogP contribution is 2.34. The summed E-state index contributed by atoms with van der Waals surface area (Å²) in [6.45, 7) is 2.46. The number of nitrogens with one attached hydrogen (secondary N) is 1. The highest BCUT2D eigenvalue weighted by Gasteiger charge is 2.35. The number of amides is 1. The number of nitrogens with zero attached hydrogens (tertiary/aromatic N) is 2. The largest absolute Gasteiger partial charge is 0.454 e. The van der Waals surface area contributed by atoms with Gasteiger partial charge < -0.3 is 14.8 Å². The second-order valence-corrected chi connectivity index (χ2v) is 9.64. The van der Waals surface area contributed by atoms with Crippen LogP contribution in [0.4, 0.5) is 18.9 Å². The summed E-state index contributed by atoms with van der Waals surface area (Å²) in [7, 11) is -4.09. The van der Waals surface area contributed by atoms with Crippen LogP contribution in [-0.2, 0) is 21.0 Å². The second-order valence-electron chi connectivity index (χ2n) is 7.70. The number of alkyl halides is 3. The van der Waals surface area contributed by atoms with Crippen LogP contribution in [0.5, 0.6) is 11.5 Å². The van der Waals surface area contributed by atoms with Crippen molar-refractivity contribution < 1.29 is 35.9 Å². The van der Waals surface area contributed by atoms with Crippen LogP contribution in [0.2, 0.25) is 0 Å². The van der Waals surface area contributed by atoms with Crippen molar-refractivity contribution in [1.82, 2.24) is 9.21 Å². The topological polar surface area (TPSA) is 88.2 Å². The smallest absolute Gasteiger partial charge is 0.416 e. The molecular formula is C21H22F3N3O5S. The molecule has 12 heteroatoms. The molecule has 1 amide bonds. The molecule has 2 aromatic rings. The number of benzene rings is 2. The van der Waals surface area contributed by atoms with Gasteiger partial charge in [0.1, 0.15) is 0 Å². The quantitative estimate of drug-likeness (QED) is 0.701. The molecule has 1 fully saturated rings. The van der Waals surface area contributed by atoms with Crippen molar-refractivity contribution in [2.75, 3.05) is 38.3 Å². The predicted octanol–water partition coefficient (Wildman–Crippen LogP) is 2.77. The van der Waals surface area contributed by atoms with E-state index in [1.165, 1.54) is 0 Å². The minimum atomic E-state index is -4.63. The van der Waals surface area contributed by atoms with Crippen LogP contribution in [-0.4, -0.2) is 62.5 Å². The van der Waals surface area contributed by atoms with Gasteiger partial charge in [0.05, 0.1) is 16.5 Å². The minimum Gasteiger partial charge on any atom is -0.454 e. The third kappa shape index (κ3) is 4.92. The van der Waals surface area contributed by atoms with Crippen molar-refractivity contribution in [3.05, 3.63) is 48.0 Å². The fourth-order valence-electron chi connectivity index (χ4n) is 3.70. The van der Waals surface area contributed by atoms with Crippen LogP contribution >= 0.6 is 0 Å². The Kier molecular flexibility index (Phi) is 6.25. The summed E-state index contributed by atoms with van der Waals surface area (Å²) in [4.78, 5) is 14.1. The Morgan fingerprint density at radius 3 is 2.42 bits per heavy atom. The van der Waals surface area contributed by atoms with Gasteiger partial charge in [-0.25, -0.2) is 8.42 Å². The maximum Gasteiger partial charge on any atom is 0.416 e. The lowest BCUT2D eigenvalue weighted by Crippen LogP contribution is -2.53. The molecule has 2 aliphatic heterocycles. The molecule has 1 saturated heterocycles. The molecular weight excluding hydrogens is 463 g/mol. The molecule has 0 unspecified atom stereocenters. The van der Waals surface area contributed by atoms with Gasteiger partial charge in [0.15, 0.2) is 11.5 Å². The van der Waals surface area contributed by atoms with Crippen molar-refractivity contribution in [1.29, 1.82) is 0 Å². The van der Waals surface area contributed by atoms with E-state index in [4.69, 9.17) is 9.47 Å². The van der Waals surface area contributed by atoms with Crippen LogP contribution in [0.15, 0.2) is 47.4 Å². The number of anilines is 1. The normalized spacial score (nSPS) is 18.2. The standard InChI is InChI=1S/C21H22F3N3O5S/c1-14(20(28)25-16-5-6-18-19(12-16)32-13-31-18)26-7-9-27(10-8-26)33(29,30)17-4-2-3-15(11-17)21(22,23)24/h2-6,11-12,14H,7-10,13H2,1H3,(H,25,28)/t14-/m1/s1. The lowest BCUT2D eigenvalue weighted by Gasteiger charge is -2.36. The number of fused-ring (bicyclic) bond motifs is 1. The molecule has 33 heavy (non-hydrogen) atoms.